The maximum atomic E-state index is 11.8. The molecule has 2 aromatic rings. The highest BCUT2D eigenvalue weighted by Crippen LogP contribution is 2.21. The van der Waals surface area contributed by atoms with Crippen LogP contribution in [-0.2, 0) is 7.05 Å². The molecule has 0 aromatic carbocycles. The summed E-state index contributed by atoms with van der Waals surface area (Å²) in [6, 6.07) is 4.88. The Kier molecular flexibility index (Phi) is 4.54. The Bertz CT molecular complexity index is 772. The normalized spacial score (nSPS) is 9.55. The van der Waals surface area contributed by atoms with E-state index in [0.29, 0.717) is 11.0 Å². The molecule has 0 spiro atoms. The van der Waals surface area contributed by atoms with Crippen LogP contribution in [0.5, 0.6) is 0 Å². The number of aromatic nitrogens is 2. The van der Waals surface area contributed by atoms with Gasteiger partial charge in [0.05, 0.1) is 21.5 Å². The minimum atomic E-state index is -0.724. The van der Waals surface area contributed by atoms with E-state index in [1.807, 2.05) is 19.9 Å². The molecule has 0 saturated heterocycles. The summed E-state index contributed by atoms with van der Waals surface area (Å²) in [7, 11) is 1.44. The lowest BCUT2D eigenvalue weighted by Crippen LogP contribution is -2.22. The molecule has 0 unspecified atom stereocenters. The largest absolute Gasteiger partial charge is 0.339 e. The molecule has 0 aliphatic rings. The van der Waals surface area contributed by atoms with Gasteiger partial charge in [0, 0.05) is 7.05 Å². The van der Waals surface area contributed by atoms with Crippen molar-refractivity contribution in [3.63, 3.8) is 0 Å². The van der Waals surface area contributed by atoms with Gasteiger partial charge in [-0.25, -0.2) is 4.98 Å². The molecule has 0 bridgehead atoms. The van der Waals surface area contributed by atoms with Crippen molar-refractivity contribution in [1.29, 1.82) is 5.26 Å². The molecule has 0 radical (unpaired) electrons. The van der Waals surface area contributed by atoms with Gasteiger partial charge in [-0.2, -0.15) is 5.26 Å². The van der Waals surface area contributed by atoms with Gasteiger partial charge in [0.25, 0.3) is 0 Å². The molecule has 20 heavy (non-hydrogen) atoms. The van der Waals surface area contributed by atoms with E-state index < -0.39 is 16.2 Å². The first-order chi connectivity index (χ1) is 9.47. The standard InChI is InChI=1S/C11H8N4O3.C2H6/c1-6-9-8(4-3-7(5-12)13-9)14(2)11(16)10(6)15(17)18;1-2/h3-4H,1-2H3;1-2H3. The number of pyridine rings is 2. The van der Waals surface area contributed by atoms with Crippen LogP contribution < -0.4 is 5.56 Å². The van der Waals surface area contributed by atoms with E-state index in [1.165, 1.54) is 20.0 Å². The summed E-state index contributed by atoms with van der Waals surface area (Å²) >= 11 is 0. The van der Waals surface area contributed by atoms with Crippen molar-refractivity contribution in [1.82, 2.24) is 9.55 Å². The fraction of sp³-hybridized carbons (Fsp3) is 0.308. The number of hydrogen-bond donors (Lipinski definition) is 0. The number of nitro groups is 1. The summed E-state index contributed by atoms with van der Waals surface area (Å²) in [5.74, 6) is 0. The Hall–Kier alpha value is -2.75. The van der Waals surface area contributed by atoms with Gasteiger partial charge in [0.2, 0.25) is 0 Å². The quantitative estimate of drug-likeness (QED) is 0.585. The molecule has 2 aromatic heterocycles. The molecule has 0 aliphatic heterocycles. The van der Waals surface area contributed by atoms with Crippen LogP contribution in [0.1, 0.15) is 25.1 Å². The average Bonchev–Trinajstić information content (AvgIpc) is 2.46. The van der Waals surface area contributed by atoms with Gasteiger partial charge in [0.1, 0.15) is 11.8 Å². The van der Waals surface area contributed by atoms with Gasteiger partial charge in [0.15, 0.2) is 0 Å². The predicted octanol–water partition coefficient (Wildman–Crippen LogP) is 2.05. The van der Waals surface area contributed by atoms with Crippen molar-refractivity contribution in [3.8, 4) is 6.07 Å². The van der Waals surface area contributed by atoms with Crippen LogP contribution in [0, 0.1) is 28.4 Å². The summed E-state index contributed by atoms with van der Waals surface area (Å²) in [5, 5.41) is 19.7. The average molecular weight is 274 g/mol. The van der Waals surface area contributed by atoms with Crippen molar-refractivity contribution in [2.45, 2.75) is 20.8 Å². The second kappa shape index (κ2) is 5.93. The van der Waals surface area contributed by atoms with Gasteiger partial charge >= 0.3 is 11.2 Å². The van der Waals surface area contributed by atoms with E-state index >= 15 is 0 Å². The number of aryl methyl sites for hydroxylation is 2. The molecule has 2 heterocycles. The summed E-state index contributed by atoms with van der Waals surface area (Å²) in [6.45, 7) is 5.45. The molecule has 7 heteroatoms. The lowest BCUT2D eigenvalue weighted by Gasteiger charge is -2.07. The molecule has 0 aliphatic carbocycles. The number of fused-ring (bicyclic) bond motifs is 1. The fourth-order valence-electron chi connectivity index (χ4n) is 1.82. The lowest BCUT2D eigenvalue weighted by atomic mass is 10.1. The zero-order valence-electron chi connectivity index (χ0n) is 11.7. The van der Waals surface area contributed by atoms with Crippen molar-refractivity contribution < 1.29 is 4.92 Å². The molecular formula is C13H14N4O3. The zero-order chi connectivity index (χ0) is 15.4. The first-order valence-electron chi connectivity index (χ1n) is 6.02. The number of nitriles is 1. The first-order valence-corrected chi connectivity index (χ1v) is 6.02. The topological polar surface area (TPSA) is 102 Å². The highest BCUT2D eigenvalue weighted by molar-refractivity contribution is 5.81. The van der Waals surface area contributed by atoms with E-state index in [9.17, 15) is 14.9 Å². The maximum Gasteiger partial charge on any atom is 0.339 e. The van der Waals surface area contributed by atoms with Crippen molar-refractivity contribution >= 4 is 16.7 Å². The summed E-state index contributed by atoms with van der Waals surface area (Å²) in [5.41, 5.74) is -0.109. The molecule has 2 rings (SSSR count). The van der Waals surface area contributed by atoms with Crippen LogP contribution in [0.15, 0.2) is 16.9 Å². The van der Waals surface area contributed by atoms with E-state index in [1.54, 1.807) is 6.07 Å². The summed E-state index contributed by atoms with van der Waals surface area (Å²) < 4.78 is 1.16. The van der Waals surface area contributed by atoms with Crippen molar-refractivity contribution in [2.24, 2.45) is 7.05 Å². The molecule has 0 saturated carbocycles. The monoisotopic (exact) mass is 274 g/mol. The van der Waals surface area contributed by atoms with Gasteiger partial charge < -0.3 is 4.57 Å². The minimum Gasteiger partial charge on any atom is -0.304 e. The molecule has 7 nitrogen and oxygen atoms in total. The first kappa shape index (κ1) is 15.3. The highest BCUT2D eigenvalue weighted by Gasteiger charge is 2.22. The van der Waals surface area contributed by atoms with Crippen LogP contribution in [0.4, 0.5) is 5.69 Å². The molecule has 0 N–H and O–H groups in total. The summed E-state index contributed by atoms with van der Waals surface area (Å²) in [4.78, 5) is 26.0. The smallest absolute Gasteiger partial charge is 0.304 e. The molecule has 0 amide bonds. The summed E-state index contributed by atoms with van der Waals surface area (Å²) in [6.07, 6.45) is 0. The maximum absolute atomic E-state index is 11.8. The van der Waals surface area contributed by atoms with Gasteiger partial charge in [-0.1, -0.05) is 13.8 Å². The number of rotatable bonds is 1. The molecular weight excluding hydrogens is 260 g/mol. The van der Waals surface area contributed by atoms with Crippen LogP contribution in [0.2, 0.25) is 0 Å². The number of nitrogens with zero attached hydrogens (tertiary/aromatic N) is 4. The Balaban J connectivity index is 0.000000956. The third-order valence-electron chi connectivity index (χ3n) is 2.75. The minimum absolute atomic E-state index is 0.151. The van der Waals surface area contributed by atoms with Crippen LogP contribution in [0.25, 0.3) is 11.0 Å². The number of hydrogen-bond acceptors (Lipinski definition) is 5. The fourth-order valence-corrected chi connectivity index (χ4v) is 1.82. The van der Waals surface area contributed by atoms with Gasteiger partial charge in [-0.15, -0.1) is 0 Å². The Labute approximate surface area is 115 Å². The molecule has 0 atom stereocenters. The van der Waals surface area contributed by atoms with Gasteiger partial charge in [-0.05, 0) is 19.1 Å². The Morgan fingerprint density at radius 1 is 1.40 bits per heavy atom. The van der Waals surface area contributed by atoms with Crippen LogP contribution in [0.3, 0.4) is 0 Å². The van der Waals surface area contributed by atoms with Crippen LogP contribution >= 0.6 is 0 Å². The Morgan fingerprint density at radius 2 is 2.00 bits per heavy atom. The predicted molar refractivity (Wildman–Crippen MR) is 74.4 cm³/mol. The van der Waals surface area contributed by atoms with E-state index in [-0.39, 0.29) is 11.3 Å². The second-order valence-electron chi connectivity index (χ2n) is 3.77. The van der Waals surface area contributed by atoms with Crippen LogP contribution in [-0.4, -0.2) is 14.5 Å². The zero-order valence-corrected chi connectivity index (χ0v) is 11.7. The third kappa shape index (κ3) is 2.36. The SMILES string of the molecule is CC.Cc1c([N+](=O)[O-])c(=O)n(C)c2ccc(C#N)nc12. The Morgan fingerprint density at radius 3 is 2.50 bits per heavy atom. The van der Waals surface area contributed by atoms with E-state index in [0.717, 1.165) is 4.57 Å². The lowest BCUT2D eigenvalue weighted by molar-refractivity contribution is -0.386. The van der Waals surface area contributed by atoms with E-state index in [2.05, 4.69) is 4.98 Å². The third-order valence-corrected chi connectivity index (χ3v) is 2.75. The molecule has 0 fully saturated rings. The van der Waals surface area contributed by atoms with E-state index in [4.69, 9.17) is 5.26 Å². The molecule has 104 valence electrons. The highest BCUT2D eigenvalue weighted by atomic mass is 16.6. The second-order valence-corrected chi connectivity index (χ2v) is 3.77. The van der Waals surface area contributed by atoms with Gasteiger partial charge in [-0.3, -0.25) is 14.9 Å². The van der Waals surface area contributed by atoms with Crippen molar-refractivity contribution in [2.75, 3.05) is 0 Å². The van der Waals surface area contributed by atoms with Crippen molar-refractivity contribution in [3.05, 3.63) is 43.9 Å².